The van der Waals surface area contributed by atoms with Crippen LogP contribution in [0.25, 0.3) is 0 Å². The van der Waals surface area contributed by atoms with Crippen molar-refractivity contribution in [3.8, 4) is 0 Å². The van der Waals surface area contributed by atoms with Gasteiger partial charge in [-0.1, -0.05) is 0 Å². The van der Waals surface area contributed by atoms with Gasteiger partial charge in [0, 0.05) is 21.2 Å². The zero-order valence-corrected chi connectivity index (χ0v) is 10.8. The van der Waals surface area contributed by atoms with Gasteiger partial charge in [0.05, 0.1) is 19.2 Å². The zero-order chi connectivity index (χ0) is 12.8. The second-order valence-electron chi connectivity index (χ2n) is 4.13. The van der Waals surface area contributed by atoms with Gasteiger partial charge >= 0.3 is 0 Å². The minimum Gasteiger partial charge on any atom is -0.465 e. The van der Waals surface area contributed by atoms with E-state index < -0.39 is 0 Å². The molecule has 0 radical (unpaired) electrons. The van der Waals surface area contributed by atoms with E-state index in [1.807, 2.05) is 19.1 Å². The van der Waals surface area contributed by atoms with Crippen LogP contribution >= 0.6 is 0 Å². The Morgan fingerprint density at radius 3 is 2.71 bits per heavy atom. The molecule has 0 aliphatic rings. The van der Waals surface area contributed by atoms with Gasteiger partial charge in [-0.05, 0) is 19.1 Å². The van der Waals surface area contributed by atoms with E-state index >= 15 is 0 Å². The number of likely N-dealkylation sites (N-methyl/N-ethyl adjacent to an activating group) is 1. The molecule has 1 rings (SSSR count). The number of aryl methyl sites for hydroxylation is 1. The molecular formula is C12H20N2O3. The van der Waals surface area contributed by atoms with Gasteiger partial charge in [-0.15, -0.1) is 0 Å². The molecule has 0 bridgehead atoms. The highest BCUT2D eigenvalue weighted by atomic mass is 16.5. The normalized spacial score (nSPS) is 12.5. The molecule has 0 unspecified atom stereocenters. The SMILES string of the molecule is COC[C@H](NCC(=O)N(C)C)c1ccc(C)o1. The van der Waals surface area contributed by atoms with Crippen molar-refractivity contribution in [2.75, 3.05) is 34.4 Å². The Bertz CT molecular complexity index is 360. The first kappa shape index (κ1) is 13.7. The first-order valence-corrected chi connectivity index (χ1v) is 5.53. The summed E-state index contributed by atoms with van der Waals surface area (Å²) in [7, 11) is 5.08. The molecule has 0 saturated heterocycles. The van der Waals surface area contributed by atoms with Gasteiger partial charge in [0.15, 0.2) is 0 Å². The number of nitrogens with zero attached hydrogens (tertiary/aromatic N) is 1. The number of methoxy groups -OCH3 is 1. The van der Waals surface area contributed by atoms with Crippen LogP contribution in [-0.4, -0.2) is 45.2 Å². The molecule has 1 N–H and O–H groups in total. The summed E-state index contributed by atoms with van der Waals surface area (Å²) < 4.78 is 10.6. The van der Waals surface area contributed by atoms with Crippen LogP contribution in [0.2, 0.25) is 0 Å². The van der Waals surface area contributed by atoms with Crippen LogP contribution in [0.4, 0.5) is 0 Å². The van der Waals surface area contributed by atoms with E-state index in [1.54, 1.807) is 26.1 Å². The smallest absolute Gasteiger partial charge is 0.236 e. The van der Waals surface area contributed by atoms with Gasteiger partial charge in [0.2, 0.25) is 5.91 Å². The summed E-state index contributed by atoms with van der Waals surface area (Å²) in [6.45, 7) is 2.62. The fourth-order valence-corrected chi connectivity index (χ4v) is 1.42. The molecule has 0 aromatic carbocycles. The minimum absolute atomic E-state index is 0.0226. The Morgan fingerprint density at radius 2 is 2.24 bits per heavy atom. The molecule has 0 saturated carbocycles. The van der Waals surface area contributed by atoms with Crippen molar-refractivity contribution >= 4 is 5.91 Å². The van der Waals surface area contributed by atoms with Crippen LogP contribution in [0.1, 0.15) is 17.6 Å². The summed E-state index contributed by atoms with van der Waals surface area (Å²) in [5.41, 5.74) is 0. The number of furan rings is 1. The third-order valence-corrected chi connectivity index (χ3v) is 2.44. The summed E-state index contributed by atoms with van der Waals surface area (Å²) >= 11 is 0. The predicted octanol–water partition coefficient (Wildman–Crippen LogP) is 0.953. The van der Waals surface area contributed by atoms with Crippen molar-refractivity contribution in [3.63, 3.8) is 0 Å². The number of carbonyl (C=O) groups is 1. The van der Waals surface area contributed by atoms with Gasteiger partial charge in [-0.2, -0.15) is 0 Å². The van der Waals surface area contributed by atoms with Crippen molar-refractivity contribution in [1.82, 2.24) is 10.2 Å². The fraction of sp³-hybridized carbons (Fsp3) is 0.583. The molecule has 17 heavy (non-hydrogen) atoms. The van der Waals surface area contributed by atoms with Crippen LogP contribution < -0.4 is 5.32 Å². The average Bonchev–Trinajstić information content (AvgIpc) is 2.70. The molecule has 1 heterocycles. The van der Waals surface area contributed by atoms with Gasteiger partial charge in [0.25, 0.3) is 0 Å². The molecular weight excluding hydrogens is 220 g/mol. The lowest BCUT2D eigenvalue weighted by molar-refractivity contribution is -0.127. The molecule has 5 heteroatoms. The molecule has 1 atom stereocenters. The van der Waals surface area contributed by atoms with Crippen molar-refractivity contribution in [1.29, 1.82) is 0 Å². The number of rotatable bonds is 6. The van der Waals surface area contributed by atoms with Crippen molar-refractivity contribution < 1.29 is 13.9 Å². The average molecular weight is 240 g/mol. The fourth-order valence-electron chi connectivity index (χ4n) is 1.42. The zero-order valence-electron chi connectivity index (χ0n) is 10.8. The number of nitrogens with one attached hydrogen (secondary N) is 1. The van der Waals surface area contributed by atoms with Gasteiger partial charge in [0.1, 0.15) is 11.5 Å². The van der Waals surface area contributed by atoms with E-state index in [4.69, 9.17) is 9.15 Å². The van der Waals surface area contributed by atoms with Crippen molar-refractivity contribution in [2.45, 2.75) is 13.0 Å². The van der Waals surface area contributed by atoms with E-state index in [0.717, 1.165) is 11.5 Å². The largest absolute Gasteiger partial charge is 0.465 e. The quantitative estimate of drug-likeness (QED) is 0.804. The van der Waals surface area contributed by atoms with Gasteiger partial charge in [-0.3, -0.25) is 10.1 Å². The van der Waals surface area contributed by atoms with E-state index in [-0.39, 0.29) is 18.5 Å². The van der Waals surface area contributed by atoms with Crippen LogP contribution in [0.5, 0.6) is 0 Å². The van der Waals surface area contributed by atoms with Crippen LogP contribution in [0, 0.1) is 6.92 Å². The first-order chi connectivity index (χ1) is 8.04. The number of ether oxygens (including phenoxy) is 1. The predicted molar refractivity (Wildman–Crippen MR) is 64.8 cm³/mol. The number of carbonyl (C=O) groups excluding carboxylic acids is 1. The van der Waals surface area contributed by atoms with Crippen LogP contribution in [-0.2, 0) is 9.53 Å². The maximum Gasteiger partial charge on any atom is 0.236 e. The molecule has 1 amide bonds. The lowest BCUT2D eigenvalue weighted by atomic mass is 10.2. The summed E-state index contributed by atoms with van der Waals surface area (Å²) in [4.78, 5) is 13.0. The molecule has 1 aromatic heterocycles. The van der Waals surface area contributed by atoms with Crippen molar-refractivity contribution in [2.24, 2.45) is 0 Å². The monoisotopic (exact) mass is 240 g/mol. The molecule has 96 valence electrons. The number of hydrogen-bond acceptors (Lipinski definition) is 4. The standard InChI is InChI=1S/C12H20N2O3/c1-9-5-6-11(17-9)10(8-16-4)13-7-12(15)14(2)3/h5-6,10,13H,7-8H2,1-4H3/t10-/m0/s1. The maximum atomic E-state index is 11.5. The van der Waals surface area contributed by atoms with Gasteiger partial charge in [-0.25, -0.2) is 0 Å². The Kier molecular flexibility index (Phi) is 5.18. The third kappa shape index (κ3) is 4.20. The molecule has 5 nitrogen and oxygen atoms in total. The van der Waals surface area contributed by atoms with Crippen molar-refractivity contribution in [3.05, 3.63) is 23.7 Å². The molecule has 0 aliphatic carbocycles. The second kappa shape index (κ2) is 6.42. The van der Waals surface area contributed by atoms with E-state index in [0.29, 0.717) is 6.61 Å². The van der Waals surface area contributed by atoms with E-state index in [9.17, 15) is 4.79 Å². The van der Waals surface area contributed by atoms with Crippen LogP contribution in [0.3, 0.4) is 0 Å². The molecule has 0 spiro atoms. The Labute approximate surface area is 102 Å². The Hall–Kier alpha value is -1.33. The highest BCUT2D eigenvalue weighted by molar-refractivity contribution is 5.77. The third-order valence-electron chi connectivity index (χ3n) is 2.44. The molecule has 1 aromatic rings. The minimum atomic E-state index is -0.0994. The van der Waals surface area contributed by atoms with E-state index in [2.05, 4.69) is 5.32 Å². The summed E-state index contributed by atoms with van der Waals surface area (Å²) in [6.07, 6.45) is 0. The first-order valence-electron chi connectivity index (χ1n) is 5.53. The Morgan fingerprint density at radius 1 is 1.53 bits per heavy atom. The summed E-state index contributed by atoms with van der Waals surface area (Å²) in [6, 6.07) is 3.69. The highest BCUT2D eigenvalue weighted by Gasteiger charge is 2.16. The van der Waals surface area contributed by atoms with E-state index in [1.165, 1.54) is 0 Å². The molecule has 0 fully saturated rings. The number of amides is 1. The topological polar surface area (TPSA) is 54.7 Å². The Balaban J connectivity index is 2.58. The highest BCUT2D eigenvalue weighted by Crippen LogP contribution is 2.16. The van der Waals surface area contributed by atoms with Crippen LogP contribution in [0.15, 0.2) is 16.5 Å². The number of hydrogen-bond donors (Lipinski definition) is 1. The lowest BCUT2D eigenvalue weighted by Gasteiger charge is -2.17. The lowest BCUT2D eigenvalue weighted by Crippen LogP contribution is -2.36. The van der Waals surface area contributed by atoms with Gasteiger partial charge < -0.3 is 14.1 Å². The summed E-state index contributed by atoms with van der Waals surface area (Å²) in [5, 5.41) is 3.12. The second-order valence-corrected chi connectivity index (χ2v) is 4.13. The maximum absolute atomic E-state index is 11.5. The summed E-state index contributed by atoms with van der Waals surface area (Å²) in [5.74, 6) is 1.66. The molecule has 0 aliphatic heterocycles.